The largest absolute Gasteiger partial charge is 0.416 e. The molecule has 0 aromatic heterocycles. The van der Waals surface area contributed by atoms with Crippen LogP contribution in [0.25, 0.3) is 0 Å². The van der Waals surface area contributed by atoms with E-state index in [9.17, 15) is 22.0 Å². The van der Waals surface area contributed by atoms with Crippen LogP contribution >= 0.6 is 11.6 Å². The molecule has 1 N–H and O–H groups in total. The van der Waals surface area contributed by atoms with Crippen molar-refractivity contribution in [3.8, 4) is 0 Å². The van der Waals surface area contributed by atoms with E-state index in [0.29, 0.717) is 11.6 Å². The lowest BCUT2D eigenvalue weighted by molar-refractivity contribution is -0.137. The zero-order valence-corrected chi connectivity index (χ0v) is 18.5. The minimum absolute atomic E-state index is 0.00700. The van der Waals surface area contributed by atoms with Crippen LogP contribution in [0.15, 0.2) is 66.7 Å². The monoisotopic (exact) mass is 479 g/mol. The van der Waals surface area contributed by atoms with Crippen molar-refractivity contribution in [1.82, 2.24) is 5.32 Å². The lowest BCUT2D eigenvalue weighted by Gasteiger charge is -2.40. The Labute approximate surface area is 194 Å². The van der Waals surface area contributed by atoms with E-state index in [2.05, 4.69) is 5.32 Å². The van der Waals surface area contributed by atoms with Crippen molar-refractivity contribution in [1.29, 1.82) is 0 Å². The van der Waals surface area contributed by atoms with Crippen LogP contribution in [0.1, 0.15) is 47.9 Å². The Morgan fingerprint density at radius 3 is 2.12 bits per heavy atom. The van der Waals surface area contributed by atoms with Crippen LogP contribution in [0, 0.1) is 11.6 Å². The molecule has 1 atom stereocenters. The van der Waals surface area contributed by atoms with Gasteiger partial charge in [0.25, 0.3) is 0 Å². The molecule has 174 valence electrons. The molecule has 0 heterocycles. The number of nitrogens with one attached hydrogen (secondary N) is 1. The SMILES string of the molecule is Fc1cc(C(F)(F)F)cc(C(Cc2ccccc2)(NC2CCCC2)c2ccc(F)cc2Cl)c1. The van der Waals surface area contributed by atoms with Gasteiger partial charge in [-0.15, -0.1) is 0 Å². The highest BCUT2D eigenvalue weighted by molar-refractivity contribution is 6.31. The number of halogens is 6. The molecule has 4 rings (SSSR count). The van der Waals surface area contributed by atoms with Gasteiger partial charge >= 0.3 is 6.18 Å². The van der Waals surface area contributed by atoms with Crippen molar-refractivity contribution in [2.75, 3.05) is 0 Å². The van der Waals surface area contributed by atoms with E-state index in [4.69, 9.17) is 11.6 Å². The average Bonchev–Trinajstić information content (AvgIpc) is 3.26. The fourth-order valence-corrected chi connectivity index (χ4v) is 5.05. The molecular weight excluding hydrogens is 457 g/mol. The lowest BCUT2D eigenvalue weighted by Crippen LogP contribution is -2.50. The van der Waals surface area contributed by atoms with E-state index in [-0.39, 0.29) is 23.0 Å². The summed E-state index contributed by atoms with van der Waals surface area (Å²) in [6.45, 7) is 0. The molecule has 3 aromatic carbocycles. The molecule has 0 saturated heterocycles. The van der Waals surface area contributed by atoms with E-state index in [0.717, 1.165) is 49.4 Å². The lowest BCUT2D eigenvalue weighted by atomic mass is 9.76. The second-order valence-corrected chi connectivity index (χ2v) is 8.95. The van der Waals surface area contributed by atoms with Gasteiger partial charge in [0.2, 0.25) is 0 Å². The summed E-state index contributed by atoms with van der Waals surface area (Å²) in [7, 11) is 0. The maximum Gasteiger partial charge on any atom is 0.416 e. The van der Waals surface area contributed by atoms with Crippen LogP contribution in [-0.4, -0.2) is 6.04 Å². The maximum absolute atomic E-state index is 14.6. The van der Waals surface area contributed by atoms with Crippen LogP contribution in [0.5, 0.6) is 0 Å². The highest BCUT2D eigenvalue weighted by atomic mass is 35.5. The normalized spacial score (nSPS) is 16.7. The fraction of sp³-hybridized carbons (Fsp3) is 0.308. The quantitative estimate of drug-likeness (QED) is 0.358. The van der Waals surface area contributed by atoms with Gasteiger partial charge in [0.15, 0.2) is 0 Å². The highest BCUT2D eigenvalue weighted by Gasteiger charge is 2.41. The van der Waals surface area contributed by atoms with Gasteiger partial charge in [-0.3, -0.25) is 0 Å². The van der Waals surface area contributed by atoms with Crippen LogP contribution in [0.3, 0.4) is 0 Å². The Hall–Kier alpha value is -2.44. The van der Waals surface area contributed by atoms with Gasteiger partial charge in [-0.1, -0.05) is 60.8 Å². The van der Waals surface area contributed by atoms with Gasteiger partial charge in [-0.25, -0.2) is 8.78 Å². The molecule has 33 heavy (non-hydrogen) atoms. The number of benzene rings is 3. The molecule has 3 aromatic rings. The third-order valence-corrected chi connectivity index (χ3v) is 6.54. The molecule has 0 radical (unpaired) electrons. The summed E-state index contributed by atoms with van der Waals surface area (Å²) in [4.78, 5) is 0. The average molecular weight is 480 g/mol. The van der Waals surface area contributed by atoms with Crippen molar-refractivity contribution < 1.29 is 22.0 Å². The molecule has 1 unspecified atom stereocenters. The van der Waals surface area contributed by atoms with Crippen LogP contribution in [0.2, 0.25) is 5.02 Å². The second-order valence-electron chi connectivity index (χ2n) is 8.54. The number of rotatable bonds is 6. The fourth-order valence-electron chi connectivity index (χ4n) is 4.72. The van der Waals surface area contributed by atoms with Crippen molar-refractivity contribution >= 4 is 11.6 Å². The van der Waals surface area contributed by atoms with Gasteiger partial charge < -0.3 is 5.32 Å². The van der Waals surface area contributed by atoms with E-state index >= 15 is 0 Å². The van der Waals surface area contributed by atoms with Gasteiger partial charge in [0.05, 0.1) is 11.1 Å². The van der Waals surface area contributed by atoms with Crippen molar-refractivity contribution in [2.24, 2.45) is 0 Å². The standard InChI is InChI=1S/C26H23ClF5N/c27-24-15-20(28)10-11-23(24)25(33-22-8-4-5-9-22,16-17-6-2-1-3-7-17)18-12-19(26(30,31)32)14-21(29)13-18/h1-3,6-7,10-15,22,33H,4-5,8-9,16H2. The first-order chi connectivity index (χ1) is 15.7. The molecule has 1 fully saturated rings. The van der Waals surface area contributed by atoms with Gasteiger partial charge in [0, 0.05) is 11.1 Å². The molecule has 1 aliphatic carbocycles. The number of hydrogen-bond donors (Lipinski definition) is 1. The summed E-state index contributed by atoms with van der Waals surface area (Å²) in [6, 6.07) is 15.6. The van der Waals surface area contributed by atoms with E-state index in [1.54, 1.807) is 0 Å². The Balaban J connectivity index is 1.99. The first-order valence-corrected chi connectivity index (χ1v) is 11.2. The van der Waals surface area contributed by atoms with Crippen molar-refractivity contribution in [2.45, 2.75) is 49.9 Å². The molecule has 0 aliphatic heterocycles. The zero-order valence-electron chi connectivity index (χ0n) is 17.7. The van der Waals surface area contributed by atoms with Crippen LogP contribution in [0.4, 0.5) is 22.0 Å². The summed E-state index contributed by atoms with van der Waals surface area (Å²) in [6.07, 6.45) is -0.903. The van der Waals surface area contributed by atoms with Crippen molar-refractivity contribution in [3.05, 3.63) is 106 Å². The minimum atomic E-state index is -4.73. The highest BCUT2D eigenvalue weighted by Crippen LogP contribution is 2.42. The summed E-state index contributed by atoms with van der Waals surface area (Å²) in [5.41, 5.74) is -1.06. The zero-order chi connectivity index (χ0) is 23.6. The molecule has 1 aliphatic rings. The van der Waals surface area contributed by atoms with Gasteiger partial charge in [-0.2, -0.15) is 13.2 Å². The summed E-state index contributed by atoms with van der Waals surface area (Å²) >= 11 is 6.49. The molecule has 0 bridgehead atoms. The Kier molecular flexibility index (Phi) is 6.78. The van der Waals surface area contributed by atoms with E-state index < -0.39 is 28.9 Å². The van der Waals surface area contributed by atoms with Crippen molar-refractivity contribution in [3.63, 3.8) is 0 Å². The molecule has 0 amide bonds. The Bertz CT molecular complexity index is 1110. The summed E-state index contributed by atoms with van der Waals surface area (Å²) in [5, 5.41) is 3.60. The minimum Gasteiger partial charge on any atom is -0.301 e. The first-order valence-electron chi connectivity index (χ1n) is 10.8. The molecule has 1 saturated carbocycles. The van der Waals surface area contributed by atoms with Gasteiger partial charge in [0.1, 0.15) is 11.6 Å². The molecular formula is C26H23ClF5N. The molecule has 0 spiro atoms. The van der Waals surface area contributed by atoms with E-state index in [1.165, 1.54) is 12.1 Å². The predicted octanol–water partition coefficient (Wildman–Crippen LogP) is 7.66. The van der Waals surface area contributed by atoms with E-state index in [1.807, 2.05) is 30.3 Å². The summed E-state index contributed by atoms with van der Waals surface area (Å²) in [5.74, 6) is -1.56. The third kappa shape index (κ3) is 5.22. The smallest absolute Gasteiger partial charge is 0.301 e. The second kappa shape index (κ2) is 9.43. The number of hydrogen-bond acceptors (Lipinski definition) is 1. The van der Waals surface area contributed by atoms with Gasteiger partial charge in [-0.05, 0) is 66.3 Å². The third-order valence-electron chi connectivity index (χ3n) is 6.23. The predicted molar refractivity (Wildman–Crippen MR) is 119 cm³/mol. The topological polar surface area (TPSA) is 12.0 Å². The Morgan fingerprint density at radius 1 is 0.818 bits per heavy atom. The number of alkyl halides is 3. The molecule has 1 nitrogen and oxygen atoms in total. The van der Waals surface area contributed by atoms with Crippen LogP contribution < -0.4 is 5.32 Å². The maximum atomic E-state index is 14.6. The first kappa shape index (κ1) is 23.7. The Morgan fingerprint density at radius 2 is 1.48 bits per heavy atom. The molecule has 7 heteroatoms. The summed E-state index contributed by atoms with van der Waals surface area (Å²) < 4.78 is 69.5. The van der Waals surface area contributed by atoms with Crippen LogP contribution in [-0.2, 0) is 18.1 Å².